The van der Waals surface area contributed by atoms with Crippen LogP contribution in [-0.4, -0.2) is 57.8 Å². The number of carbonyl (C=O) groups excluding carboxylic acids is 1. The molecular weight excluding hydrogens is 306 g/mol. The molecule has 0 unspecified atom stereocenters. The van der Waals surface area contributed by atoms with Crippen molar-refractivity contribution in [2.24, 2.45) is 0 Å². The van der Waals surface area contributed by atoms with Crippen LogP contribution in [0.15, 0.2) is 10.6 Å². The first-order valence-electron chi connectivity index (χ1n) is 9.34. The lowest BCUT2D eigenvalue weighted by Crippen LogP contribution is -2.39. The summed E-state index contributed by atoms with van der Waals surface area (Å²) in [6.45, 7) is 5.26. The first-order chi connectivity index (χ1) is 11.7. The van der Waals surface area contributed by atoms with Gasteiger partial charge in [-0.15, -0.1) is 0 Å². The number of nitrogens with zero attached hydrogens (tertiary/aromatic N) is 3. The summed E-state index contributed by atoms with van der Waals surface area (Å²) in [5, 5.41) is 13.6. The van der Waals surface area contributed by atoms with Gasteiger partial charge >= 0.3 is 0 Å². The molecule has 6 heteroatoms. The minimum Gasteiger partial charge on any atom is -0.393 e. The number of aliphatic hydroxyl groups excluding tert-OH is 1. The van der Waals surface area contributed by atoms with Crippen molar-refractivity contribution in [2.75, 3.05) is 19.6 Å². The molecule has 0 atom stereocenters. The molecule has 2 fully saturated rings. The van der Waals surface area contributed by atoms with E-state index in [1.54, 1.807) is 6.07 Å². The summed E-state index contributed by atoms with van der Waals surface area (Å²) >= 11 is 0. The van der Waals surface area contributed by atoms with Crippen LogP contribution in [0.3, 0.4) is 0 Å². The lowest BCUT2D eigenvalue weighted by Gasteiger charge is -2.28. The van der Waals surface area contributed by atoms with Crippen molar-refractivity contribution in [3.63, 3.8) is 0 Å². The molecule has 2 heterocycles. The van der Waals surface area contributed by atoms with Gasteiger partial charge in [-0.05, 0) is 32.1 Å². The Kier molecular flexibility index (Phi) is 5.89. The zero-order valence-electron chi connectivity index (χ0n) is 14.6. The van der Waals surface area contributed by atoms with Gasteiger partial charge in [-0.2, -0.15) is 0 Å². The fourth-order valence-corrected chi connectivity index (χ4v) is 3.84. The molecule has 0 bridgehead atoms. The van der Waals surface area contributed by atoms with Crippen LogP contribution in [0.5, 0.6) is 0 Å². The maximum absolute atomic E-state index is 12.8. The zero-order valence-corrected chi connectivity index (χ0v) is 14.6. The second-order valence-electron chi connectivity index (χ2n) is 7.12. The molecule has 3 rings (SSSR count). The lowest BCUT2D eigenvalue weighted by molar-refractivity contribution is 0.0668. The average molecular weight is 335 g/mol. The van der Waals surface area contributed by atoms with Crippen LogP contribution in [0.25, 0.3) is 0 Å². The van der Waals surface area contributed by atoms with Gasteiger partial charge in [0.1, 0.15) is 0 Å². The van der Waals surface area contributed by atoms with Crippen LogP contribution in [0.4, 0.5) is 0 Å². The van der Waals surface area contributed by atoms with E-state index in [0.717, 1.165) is 57.5 Å². The Morgan fingerprint density at radius 1 is 1.33 bits per heavy atom. The van der Waals surface area contributed by atoms with Crippen LogP contribution < -0.4 is 0 Å². The molecule has 1 aliphatic carbocycles. The summed E-state index contributed by atoms with van der Waals surface area (Å²) in [5.41, 5.74) is 0.433. The highest BCUT2D eigenvalue weighted by Crippen LogP contribution is 2.25. The van der Waals surface area contributed by atoms with Gasteiger partial charge in [-0.25, -0.2) is 0 Å². The van der Waals surface area contributed by atoms with Crippen LogP contribution in [-0.2, 0) is 6.54 Å². The van der Waals surface area contributed by atoms with E-state index >= 15 is 0 Å². The van der Waals surface area contributed by atoms with Crippen LogP contribution in [0.1, 0.15) is 68.1 Å². The Balaban J connectivity index is 1.61. The first kappa shape index (κ1) is 17.4. The van der Waals surface area contributed by atoms with E-state index in [1.165, 1.54) is 12.8 Å². The molecule has 1 aromatic rings. The molecule has 1 saturated carbocycles. The summed E-state index contributed by atoms with van der Waals surface area (Å²) in [6, 6.07) is 2.16. The van der Waals surface area contributed by atoms with Crippen molar-refractivity contribution < 1.29 is 14.4 Å². The number of rotatable bonds is 6. The first-order valence-corrected chi connectivity index (χ1v) is 9.34. The summed E-state index contributed by atoms with van der Waals surface area (Å²) in [5.74, 6) is 0.741. The van der Waals surface area contributed by atoms with Gasteiger partial charge in [0.25, 0.3) is 5.91 Å². The molecular formula is C18H29N3O3. The molecule has 1 N–H and O–H groups in total. The van der Waals surface area contributed by atoms with Gasteiger partial charge in [0.05, 0.1) is 12.6 Å². The quantitative estimate of drug-likeness (QED) is 0.864. The second-order valence-corrected chi connectivity index (χ2v) is 7.12. The number of amides is 1. The summed E-state index contributed by atoms with van der Waals surface area (Å²) < 4.78 is 5.40. The molecule has 1 aliphatic heterocycles. The topological polar surface area (TPSA) is 69.8 Å². The molecule has 6 nitrogen and oxygen atoms in total. The minimum atomic E-state index is -0.179. The van der Waals surface area contributed by atoms with E-state index in [4.69, 9.17) is 4.52 Å². The SMILES string of the molecule is CCCN(C(=O)c1cc(CN2CCC(O)CC2)on1)C1CCCC1. The Hall–Kier alpha value is -1.40. The number of aliphatic hydroxyl groups is 1. The van der Waals surface area contributed by atoms with Crippen molar-refractivity contribution in [1.29, 1.82) is 0 Å². The fourth-order valence-electron chi connectivity index (χ4n) is 3.84. The van der Waals surface area contributed by atoms with E-state index in [0.29, 0.717) is 18.3 Å². The van der Waals surface area contributed by atoms with E-state index in [9.17, 15) is 9.90 Å². The lowest BCUT2D eigenvalue weighted by atomic mass is 10.1. The third-order valence-electron chi connectivity index (χ3n) is 5.21. The van der Waals surface area contributed by atoms with Gasteiger partial charge in [0.2, 0.25) is 0 Å². The van der Waals surface area contributed by atoms with E-state index in [2.05, 4.69) is 17.0 Å². The normalized spacial score (nSPS) is 20.6. The van der Waals surface area contributed by atoms with Crippen molar-refractivity contribution in [2.45, 2.75) is 70.6 Å². The third kappa shape index (κ3) is 4.16. The molecule has 24 heavy (non-hydrogen) atoms. The molecule has 134 valence electrons. The Labute approximate surface area is 143 Å². The Morgan fingerprint density at radius 2 is 2.04 bits per heavy atom. The molecule has 1 saturated heterocycles. The van der Waals surface area contributed by atoms with Gasteiger partial charge < -0.3 is 14.5 Å². The van der Waals surface area contributed by atoms with Crippen molar-refractivity contribution >= 4 is 5.91 Å². The summed E-state index contributed by atoms with van der Waals surface area (Å²) in [6.07, 6.45) is 7.01. The highest BCUT2D eigenvalue weighted by atomic mass is 16.5. The fraction of sp³-hybridized carbons (Fsp3) is 0.778. The number of piperidine rings is 1. The van der Waals surface area contributed by atoms with Crippen molar-refractivity contribution in [3.05, 3.63) is 17.5 Å². The highest BCUT2D eigenvalue weighted by molar-refractivity contribution is 5.92. The highest BCUT2D eigenvalue weighted by Gasteiger charge is 2.29. The standard InChI is InChI=1S/C18H29N3O3/c1-2-9-21(14-5-3-4-6-14)18(23)17-12-16(24-19-17)13-20-10-7-15(22)8-11-20/h12,14-15,22H,2-11,13H2,1H3. The number of carbonyl (C=O) groups is 1. The van der Waals surface area contributed by atoms with E-state index in [1.807, 2.05) is 4.90 Å². The predicted molar refractivity (Wildman–Crippen MR) is 90.6 cm³/mol. The number of hydrogen-bond acceptors (Lipinski definition) is 5. The second kappa shape index (κ2) is 8.12. The van der Waals surface area contributed by atoms with Gasteiger partial charge in [-0.3, -0.25) is 9.69 Å². The van der Waals surface area contributed by atoms with Gasteiger partial charge in [0.15, 0.2) is 11.5 Å². The summed E-state index contributed by atoms with van der Waals surface area (Å²) in [7, 11) is 0. The number of aromatic nitrogens is 1. The van der Waals surface area contributed by atoms with E-state index < -0.39 is 0 Å². The minimum absolute atomic E-state index is 0.00724. The molecule has 1 amide bonds. The molecule has 0 radical (unpaired) electrons. The van der Waals surface area contributed by atoms with Gasteiger partial charge in [0, 0.05) is 31.7 Å². The summed E-state index contributed by atoms with van der Waals surface area (Å²) in [4.78, 5) is 17.1. The molecule has 1 aromatic heterocycles. The maximum atomic E-state index is 12.8. The van der Waals surface area contributed by atoms with E-state index in [-0.39, 0.29) is 12.0 Å². The zero-order chi connectivity index (χ0) is 16.9. The molecule has 0 spiro atoms. The third-order valence-corrected chi connectivity index (χ3v) is 5.21. The Bertz CT molecular complexity index is 531. The molecule has 2 aliphatic rings. The average Bonchev–Trinajstić information content (AvgIpc) is 3.26. The number of hydrogen-bond donors (Lipinski definition) is 1. The van der Waals surface area contributed by atoms with Crippen molar-refractivity contribution in [3.8, 4) is 0 Å². The van der Waals surface area contributed by atoms with Crippen LogP contribution in [0, 0.1) is 0 Å². The van der Waals surface area contributed by atoms with Crippen molar-refractivity contribution in [1.82, 2.24) is 15.0 Å². The largest absolute Gasteiger partial charge is 0.393 e. The number of likely N-dealkylation sites (tertiary alicyclic amines) is 1. The monoisotopic (exact) mass is 335 g/mol. The van der Waals surface area contributed by atoms with Crippen LogP contribution in [0.2, 0.25) is 0 Å². The van der Waals surface area contributed by atoms with Gasteiger partial charge in [-0.1, -0.05) is 24.9 Å². The Morgan fingerprint density at radius 3 is 2.71 bits per heavy atom. The maximum Gasteiger partial charge on any atom is 0.276 e. The molecule has 0 aromatic carbocycles. The predicted octanol–water partition coefficient (Wildman–Crippen LogP) is 2.43. The van der Waals surface area contributed by atoms with Crippen LogP contribution >= 0.6 is 0 Å². The smallest absolute Gasteiger partial charge is 0.276 e.